The molecule has 0 aromatic heterocycles. The molecule has 0 atom stereocenters. The van der Waals surface area contributed by atoms with Crippen molar-refractivity contribution in [2.45, 2.75) is 26.7 Å². The first kappa shape index (κ1) is 12.0. The fourth-order valence-corrected chi connectivity index (χ4v) is 1.46. The summed E-state index contributed by atoms with van der Waals surface area (Å²) in [5, 5.41) is 9.07. The zero-order valence-electron chi connectivity index (χ0n) is 9.28. The maximum absolute atomic E-state index is 11.8. The van der Waals surface area contributed by atoms with Gasteiger partial charge in [0.15, 0.2) is 5.41 Å². The van der Waals surface area contributed by atoms with Crippen molar-refractivity contribution in [2.24, 2.45) is 11.3 Å². The standard InChI is InChI=1S/C11H17NO3/c1-9(2)7-15-10(13)11(8-12)3-5-14-6-4-11/h9H,3-7H2,1-2H3. The van der Waals surface area contributed by atoms with Crippen LogP contribution in [0.5, 0.6) is 0 Å². The van der Waals surface area contributed by atoms with Gasteiger partial charge in [-0.3, -0.25) is 4.79 Å². The number of nitrogens with zero attached hydrogens (tertiary/aromatic N) is 1. The number of ether oxygens (including phenoxy) is 2. The first-order valence-electron chi connectivity index (χ1n) is 5.27. The molecule has 4 heteroatoms. The minimum atomic E-state index is -0.965. The molecule has 15 heavy (non-hydrogen) atoms. The van der Waals surface area contributed by atoms with E-state index in [1.807, 2.05) is 13.8 Å². The molecule has 4 nitrogen and oxygen atoms in total. The third kappa shape index (κ3) is 2.93. The normalized spacial score (nSPS) is 19.6. The number of rotatable bonds is 3. The lowest BCUT2D eigenvalue weighted by molar-refractivity contribution is -0.158. The van der Waals surface area contributed by atoms with Gasteiger partial charge in [0.25, 0.3) is 0 Å². The van der Waals surface area contributed by atoms with E-state index in [-0.39, 0.29) is 5.97 Å². The molecule has 84 valence electrons. The lowest BCUT2D eigenvalue weighted by Gasteiger charge is -2.28. The van der Waals surface area contributed by atoms with Crippen LogP contribution in [-0.2, 0) is 14.3 Å². The summed E-state index contributed by atoms with van der Waals surface area (Å²) in [5.74, 6) is -0.0912. The molecule has 1 fully saturated rings. The molecule has 0 radical (unpaired) electrons. The largest absolute Gasteiger partial charge is 0.464 e. The molecule has 0 N–H and O–H groups in total. The summed E-state index contributed by atoms with van der Waals surface area (Å²) in [6, 6.07) is 2.09. The van der Waals surface area contributed by atoms with Crippen LogP contribution in [0.4, 0.5) is 0 Å². The molecule has 0 saturated carbocycles. The SMILES string of the molecule is CC(C)COC(=O)C1(C#N)CCOCC1. The Kier molecular flexibility index (Phi) is 4.10. The van der Waals surface area contributed by atoms with Gasteiger partial charge >= 0.3 is 5.97 Å². The molecule has 1 rings (SSSR count). The second-order valence-corrected chi connectivity index (χ2v) is 4.30. The third-order valence-corrected chi connectivity index (χ3v) is 2.50. The third-order valence-electron chi connectivity index (χ3n) is 2.50. The number of carbonyl (C=O) groups excluding carboxylic acids is 1. The average Bonchev–Trinajstić information content (AvgIpc) is 2.26. The van der Waals surface area contributed by atoms with Gasteiger partial charge in [-0.15, -0.1) is 0 Å². The van der Waals surface area contributed by atoms with E-state index < -0.39 is 5.41 Å². The predicted octanol–water partition coefficient (Wildman–Crippen LogP) is 1.51. The summed E-state index contributed by atoms with van der Waals surface area (Å²) in [5.41, 5.74) is -0.965. The summed E-state index contributed by atoms with van der Waals surface area (Å²) in [4.78, 5) is 11.8. The minimum Gasteiger partial charge on any atom is -0.464 e. The van der Waals surface area contributed by atoms with E-state index in [9.17, 15) is 4.79 Å². The Bertz CT molecular complexity index is 261. The van der Waals surface area contributed by atoms with E-state index in [1.54, 1.807) is 0 Å². The molecule has 1 aliphatic rings. The molecular weight excluding hydrogens is 194 g/mol. The molecule has 1 saturated heterocycles. The molecule has 0 bridgehead atoms. The molecule has 0 amide bonds. The van der Waals surface area contributed by atoms with Gasteiger partial charge in [0.05, 0.1) is 12.7 Å². The number of esters is 1. The fraction of sp³-hybridized carbons (Fsp3) is 0.818. The lowest BCUT2D eigenvalue weighted by atomic mass is 9.82. The van der Waals surface area contributed by atoms with Crippen LogP contribution in [0.2, 0.25) is 0 Å². The Morgan fingerprint density at radius 1 is 1.53 bits per heavy atom. The zero-order chi connectivity index (χ0) is 11.3. The van der Waals surface area contributed by atoms with Crippen molar-refractivity contribution in [3.8, 4) is 6.07 Å². The summed E-state index contributed by atoms with van der Waals surface area (Å²) >= 11 is 0. The van der Waals surface area contributed by atoms with Crippen molar-refractivity contribution in [1.82, 2.24) is 0 Å². The van der Waals surface area contributed by atoms with Crippen LogP contribution in [-0.4, -0.2) is 25.8 Å². The highest BCUT2D eigenvalue weighted by Crippen LogP contribution is 2.31. The Balaban J connectivity index is 2.57. The quantitative estimate of drug-likeness (QED) is 0.664. The molecular formula is C11H17NO3. The minimum absolute atomic E-state index is 0.296. The van der Waals surface area contributed by atoms with Gasteiger partial charge in [0, 0.05) is 26.1 Å². The Morgan fingerprint density at radius 3 is 2.60 bits per heavy atom. The highest BCUT2D eigenvalue weighted by Gasteiger charge is 2.42. The van der Waals surface area contributed by atoms with Crippen molar-refractivity contribution in [3.05, 3.63) is 0 Å². The van der Waals surface area contributed by atoms with E-state index >= 15 is 0 Å². The topological polar surface area (TPSA) is 59.3 Å². The second kappa shape index (κ2) is 5.13. The van der Waals surface area contributed by atoms with E-state index in [1.165, 1.54) is 0 Å². The summed E-state index contributed by atoms with van der Waals surface area (Å²) < 4.78 is 10.3. The van der Waals surface area contributed by atoms with E-state index in [0.29, 0.717) is 38.6 Å². The van der Waals surface area contributed by atoms with Gasteiger partial charge < -0.3 is 9.47 Å². The van der Waals surface area contributed by atoms with Gasteiger partial charge in [0.1, 0.15) is 0 Å². The van der Waals surface area contributed by atoms with Crippen LogP contribution in [0.1, 0.15) is 26.7 Å². The van der Waals surface area contributed by atoms with Gasteiger partial charge in [-0.25, -0.2) is 0 Å². The highest BCUT2D eigenvalue weighted by molar-refractivity contribution is 5.80. The van der Waals surface area contributed by atoms with Crippen molar-refractivity contribution in [2.75, 3.05) is 19.8 Å². The highest BCUT2D eigenvalue weighted by atomic mass is 16.5. The van der Waals surface area contributed by atoms with Crippen molar-refractivity contribution < 1.29 is 14.3 Å². The van der Waals surface area contributed by atoms with Crippen molar-refractivity contribution in [1.29, 1.82) is 5.26 Å². The molecule has 0 spiro atoms. The lowest BCUT2D eigenvalue weighted by Crippen LogP contribution is -2.37. The van der Waals surface area contributed by atoms with Crippen LogP contribution < -0.4 is 0 Å². The summed E-state index contributed by atoms with van der Waals surface area (Å²) in [7, 11) is 0. The van der Waals surface area contributed by atoms with Gasteiger partial charge in [-0.2, -0.15) is 5.26 Å². The zero-order valence-corrected chi connectivity index (χ0v) is 9.28. The average molecular weight is 211 g/mol. The number of hydrogen-bond donors (Lipinski definition) is 0. The van der Waals surface area contributed by atoms with Gasteiger partial charge in [-0.1, -0.05) is 13.8 Å². The summed E-state index contributed by atoms with van der Waals surface area (Å²) in [6.45, 7) is 5.24. The molecule has 1 aliphatic heterocycles. The van der Waals surface area contributed by atoms with Crippen LogP contribution in [0.3, 0.4) is 0 Å². The molecule has 0 unspecified atom stereocenters. The van der Waals surface area contributed by atoms with Gasteiger partial charge in [0.2, 0.25) is 0 Å². The van der Waals surface area contributed by atoms with Crippen LogP contribution >= 0.6 is 0 Å². The van der Waals surface area contributed by atoms with Crippen molar-refractivity contribution >= 4 is 5.97 Å². The predicted molar refractivity (Wildman–Crippen MR) is 53.9 cm³/mol. The first-order valence-corrected chi connectivity index (χ1v) is 5.27. The molecule has 1 heterocycles. The maximum Gasteiger partial charge on any atom is 0.326 e. The summed E-state index contributed by atoms with van der Waals surface area (Å²) in [6.07, 6.45) is 0.890. The number of nitriles is 1. The van der Waals surface area contributed by atoms with E-state index in [0.717, 1.165) is 0 Å². The fourth-order valence-electron chi connectivity index (χ4n) is 1.46. The first-order chi connectivity index (χ1) is 7.10. The maximum atomic E-state index is 11.8. The Labute approximate surface area is 90.2 Å². The number of carbonyl (C=O) groups is 1. The van der Waals surface area contributed by atoms with Crippen LogP contribution in [0, 0.1) is 22.7 Å². The number of hydrogen-bond acceptors (Lipinski definition) is 4. The second-order valence-electron chi connectivity index (χ2n) is 4.30. The van der Waals surface area contributed by atoms with Gasteiger partial charge in [-0.05, 0) is 5.92 Å². The van der Waals surface area contributed by atoms with Crippen LogP contribution in [0.25, 0.3) is 0 Å². The molecule has 0 aliphatic carbocycles. The monoisotopic (exact) mass is 211 g/mol. The van der Waals surface area contributed by atoms with Crippen molar-refractivity contribution in [3.63, 3.8) is 0 Å². The Hall–Kier alpha value is -1.08. The Morgan fingerprint density at radius 2 is 2.13 bits per heavy atom. The molecule has 0 aromatic rings. The van der Waals surface area contributed by atoms with Crippen LogP contribution in [0.15, 0.2) is 0 Å². The van der Waals surface area contributed by atoms with E-state index in [2.05, 4.69) is 6.07 Å². The van der Waals surface area contributed by atoms with E-state index in [4.69, 9.17) is 14.7 Å². The smallest absolute Gasteiger partial charge is 0.326 e. The molecule has 0 aromatic carbocycles.